The molecule has 2 aliphatic carbocycles. The van der Waals surface area contributed by atoms with Crippen LogP contribution in [0.3, 0.4) is 0 Å². The molecule has 2 fully saturated rings. The molecular weight excluding hydrogens is 542 g/mol. The minimum Gasteiger partial charge on any atom is -0.379 e. The minimum absolute atomic E-state index is 0.0689. The highest BCUT2D eigenvalue weighted by Crippen LogP contribution is 2.22. The van der Waals surface area contributed by atoms with Crippen molar-refractivity contribution in [2.24, 2.45) is 5.92 Å². The minimum atomic E-state index is -0.0689. The van der Waals surface area contributed by atoms with Crippen molar-refractivity contribution in [2.45, 2.75) is 83.1 Å². The van der Waals surface area contributed by atoms with E-state index in [0.717, 1.165) is 38.8 Å². The average Bonchev–Trinajstić information content (AvgIpc) is 3.30. The molecule has 0 aliphatic heterocycles. The average molecular weight is 602 g/mol. The van der Waals surface area contributed by atoms with Crippen LogP contribution in [-0.2, 0) is 38.0 Å². The number of hydrogen-bond acceptors (Lipinski definition) is 9. The van der Waals surface area contributed by atoms with Crippen LogP contribution < -0.4 is 16.0 Å². The molecule has 0 unspecified atom stereocenters. The molecule has 0 saturated heterocycles. The van der Waals surface area contributed by atoms with E-state index in [1.54, 1.807) is 0 Å². The van der Waals surface area contributed by atoms with E-state index in [0.29, 0.717) is 98.2 Å². The highest BCUT2D eigenvalue weighted by molar-refractivity contribution is 5.78. The van der Waals surface area contributed by atoms with Crippen molar-refractivity contribution in [1.29, 1.82) is 0 Å². The van der Waals surface area contributed by atoms with Gasteiger partial charge in [0, 0.05) is 38.0 Å². The molecule has 0 bridgehead atoms. The summed E-state index contributed by atoms with van der Waals surface area (Å²) in [5.74, 6) is 0.263. The van der Waals surface area contributed by atoms with Crippen molar-refractivity contribution in [3.63, 3.8) is 0 Å². The van der Waals surface area contributed by atoms with Crippen molar-refractivity contribution < 1.29 is 38.0 Å². The molecule has 0 radical (unpaired) electrons. The van der Waals surface area contributed by atoms with Gasteiger partial charge in [0.05, 0.1) is 79.3 Å². The highest BCUT2D eigenvalue weighted by Gasteiger charge is 2.19. The number of hydrogen-bond donors (Lipinski definition) is 3. The van der Waals surface area contributed by atoms with E-state index >= 15 is 0 Å². The van der Waals surface area contributed by atoms with Crippen molar-refractivity contribution in [3.05, 3.63) is 0 Å². The summed E-state index contributed by atoms with van der Waals surface area (Å²) < 4.78 is 33.0. The van der Waals surface area contributed by atoms with Gasteiger partial charge in [-0.25, -0.2) is 0 Å². The SMILES string of the molecule is O=C(CCOCCOCCOCCOCCNC1CCCCC1)NCCOCCOCCNC(=O)C1CCCCCC1. The lowest BCUT2D eigenvalue weighted by molar-refractivity contribution is -0.125. The van der Waals surface area contributed by atoms with Crippen LogP contribution in [-0.4, -0.2) is 117 Å². The zero-order valence-electron chi connectivity index (χ0n) is 26.0. The maximum absolute atomic E-state index is 12.2. The Morgan fingerprint density at radius 3 is 1.48 bits per heavy atom. The Kier molecular flexibility index (Phi) is 23.9. The summed E-state index contributed by atoms with van der Waals surface area (Å²) in [5, 5.41) is 9.35. The van der Waals surface area contributed by atoms with Gasteiger partial charge in [-0.05, 0) is 25.7 Å². The molecule has 0 atom stereocenters. The molecule has 2 aliphatic rings. The van der Waals surface area contributed by atoms with Gasteiger partial charge >= 0.3 is 0 Å². The standard InChI is InChI=1S/C31H59N3O8/c35-30(33-14-18-39-21-22-40-19-15-34-31(36)28-8-4-1-2-5-9-28)12-16-37-20-24-41-26-27-42-25-23-38-17-13-32-29-10-6-3-7-11-29/h28-29,32H,1-27H2,(H,33,35)(H,34,36). The van der Waals surface area contributed by atoms with Crippen molar-refractivity contribution in [1.82, 2.24) is 16.0 Å². The second-order valence-electron chi connectivity index (χ2n) is 11.0. The first-order valence-electron chi connectivity index (χ1n) is 16.5. The van der Waals surface area contributed by atoms with Gasteiger partial charge in [-0.15, -0.1) is 0 Å². The molecule has 2 amide bonds. The van der Waals surface area contributed by atoms with Gasteiger partial charge < -0.3 is 44.4 Å². The quantitative estimate of drug-likeness (QED) is 0.101. The lowest BCUT2D eigenvalue weighted by atomic mass is 9.96. The first-order chi connectivity index (χ1) is 20.8. The molecule has 0 aromatic carbocycles. The van der Waals surface area contributed by atoms with Gasteiger partial charge in [-0.3, -0.25) is 9.59 Å². The molecule has 11 heteroatoms. The Morgan fingerprint density at radius 2 is 0.905 bits per heavy atom. The Labute approximate surface area is 253 Å². The molecule has 2 saturated carbocycles. The molecule has 0 aromatic heterocycles. The maximum atomic E-state index is 12.2. The normalized spacial score (nSPS) is 16.8. The number of rotatable bonds is 26. The Balaban J connectivity index is 1.21. The van der Waals surface area contributed by atoms with Crippen LogP contribution in [0.1, 0.15) is 77.0 Å². The topological polar surface area (TPSA) is 126 Å². The molecule has 0 spiro atoms. The predicted molar refractivity (Wildman–Crippen MR) is 162 cm³/mol. The molecule has 3 N–H and O–H groups in total. The van der Waals surface area contributed by atoms with Gasteiger partial charge in [-0.2, -0.15) is 0 Å². The first kappa shape index (κ1) is 36.8. The Hall–Kier alpha value is -1.34. The van der Waals surface area contributed by atoms with Crippen molar-refractivity contribution in [2.75, 3.05) is 98.9 Å². The summed E-state index contributed by atoms with van der Waals surface area (Å²) >= 11 is 0. The van der Waals surface area contributed by atoms with Crippen LogP contribution in [0.2, 0.25) is 0 Å². The van der Waals surface area contributed by atoms with Gasteiger partial charge in [0.25, 0.3) is 0 Å². The summed E-state index contributed by atoms with van der Waals surface area (Å²) in [6.45, 7) is 7.88. The van der Waals surface area contributed by atoms with Crippen LogP contribution in [0.25, 0.3) is 0 Å². The maximum Gasteiger partial charge on any atom is 0.223 e. The number of carbonyl (C=O) groups is 2. The molecule has 246 valence electrons. The molecule has 0 aromatic rings. The number of ether oxygens (including phenoxy) is 6. The van der Waals surface area contributed by atoms with E-state index < -0.39 is 0 Å². The van der Waals surface area contributed by atoms with Crippen LogP contribution >= 0.6 is 0 Å². The lowest BCUT2D eigenvalue weighted by Gasteiger charge is -2.22. The second-order valence-corrected chi connectivity index (χ2v) is 11.0. The summed E-state index contributed by atoms with van der Waals surface area (Å²) in [6, 6.07) is 0.674. The largest absolute Gasteiger partial charge is 0.379 e. The Bertz CT molecular complexity index is 644. The molecular formula is C31H59N3O8. The first-order valence-corrected chi connectivity index (χ1v) is 16.5. The van der Waals surface area contributed by atoms with Crippen LogP contribution in [0.4, 0.5) is 0 Å². The van der Waals surface area contributed by atoms with Crippen LogP contribution in [0.15, 0.2) is 0 Å². The fraction of sp³-hybridized carbons (Fsp3) is 0.935. The third-order valence-corrected chi connectivity index (χ3v) is 7.59. The summed E-state index contributed by atoms with van der Waals surface area (Å²) in [5.41, 5.74) is 0. The third kappa shape index (κ3) is 21.4. The van der Waals surface area contributed by atoms with Crippen LogP contribution in [0.5, 0.6) is 0 Å². The monoisotopic (exact) mass is 601 g/mol. The van der Waals surface area contributed by atoms with Crippen molar-refractivity contribution >= 4 is 11.8 Å². The zero-order valence-corrected chi connectivity index (χ0v) is 26.0. The van der Waals surface area contributed by atoms with E-state index in [9.17, 15) is 9.59 Å². The highest BCUT2D eigenvalue weighted by atomic mass is 16.6. The van der Waals surface area contributed by atoms with E-state index in [4.69, 9.17) is 28.4 Å². The predicted octanol–water partition coefficient (Wildman–Crippen LogP) is 2.60. The van der Waals surface area contributed by atoms with E-state index in [1.165, 1.54) is 44.9 Å². The van der Waals surface area contributed by atoms with Gasteiger partial charge in [0.15, 0.2) is 0 Å². The molecule has 11 nitrogen and oxygen atoms in total. The number of amides is 2. The van der Waals surface area contributed by atoms with E-state index in [2.05, 4.69) is 16.0 Å². The van der Waals surface area contributed by atoms with E-state index in [-0.39, 0.29) is 17.7 Å². The zero-order chi connectivity index (χ0) is 29.8. The third-order valence-electron chi connectivity index (χ3n) is 7.59. The van der Waals surface area contributed by atoms with Crippen molar-refractivity contribution in [3.8, 4) is 0 Å². The van der Waals surface area contributed by atoms with Gasteiger partial charge in [0.2, 0.25) is 11.8 Å². The summed E-state index contributed by atoms with van der Waals surface area (Å²) in [4.78, 5) is 24.1. The smallest absolute Gasteiger partial charge is 0.223 e. The van der Waals surface area contributed by atoms with Gasteiger partial charge in [0.1, 0.15) is 0 Å². The summed E-state index contributed by atoms with van der Waals surface area (Å²) in [7, 11) is 0. The molecule has 42 heavy (non-hydrogen) atoms. The van der Waals surface area contributed by atoms with Crippen LogP contribution in [0, 0.1) is 5.92 Å². The molecule has 2 rings (SSSR count). The fourth-order valence-electron chi connectivity index (χ4n) is 5.17. The lowest BCUT2D eigenvalue weighted by Crippen LogP contribution is -2.33. The fourth-order valence-corrected chi connectivity index (χ4v) is 5.17. The molecule has 0 heterocycles. The second kappa shape index (κ2) is 27.2. The van der Waals surface area contributed by atoms with Gasteiger partial charge in [-0.1, -0.05) is 44.9 Å². The number of nitrogens with one attached hydrogen (secondary N) is 3. The van der Waals surface area contributed by atoms with E-state index in [1.807, 2.05) is 0 Å². The Morgan fingerprint density at radius 1 is 0.476 bits per heavy atom. The summed E-state index contributed by atoms with van der Waals surface area (Å²) in [6.07, 6.45) is 13.8. The number of carbonyl (C=O) groups excluding carboxylic acids is 2.